The molecular weight excluding hydrogens is 198 g/mol. The van der Waals surface area contributed by atoms with Crippen LogP contribution >= 0.6 is 11.6 Å². The molecule has 0 saturated carbocycles. The topological polar surface area (TPSA) is 28.2 Å². The molecule has 1 aliphatic rings. The first kappa shape index (κ1) is 9.59. The Kier molecular flexibility index (Phi) is 2.50. The van der Waals surface area contributed by atoms with E-state index in [-0.39, 0.29) is 0 Å². The maximum absolute atomic E-state index is 5.88. The van der Waals surface area contributed by atoms with E-state index in [9.17, 15) is 0 Å². The Bertz CT molecular complexity index is 338. The Hall–Kier alpha value is -0.960. The maximum Gasteiger partial charge on any atom is 0.152 e. The van der Waals surface area contributed by atoms with Gasteiger partial charge in [-0.15, -0.1) is 0 Å². The minimum absolute atomic E-state index is 0.476. The lowest BCUT2D eigenvalue weighted by Gasteiger charge is -2.33. The van der Waals surface area contributed by atoms with Gasteiger partial charge in [-0.3, -0.25) is 0 Å². The molecule has 76 valence electrons. The molecule has 1 aromatic heterocycles. The third kappa shape index (κ3) is 1.64. The number of hydrogen-bond donors (Lipinski definition) is 1. The van der Waals surface area contributed by atoms with Crippen LogP contribution in [0.3, 0.4) is 0 Å². The molecule has 3 nitrogen and oxygen atoms in total. The van der Waals surface area contributed by atoms with Crippen molar-refractivity contribution >= 4 is 23.1 Å². The Balaban J connectivity index is 2.40. The average molecular weight is 212 g/mol. The van der Waals surface area contributed by atoms with Gasteiger partial charge in [0.05, 0.1) is 10.7 Å². The largest absolute Gasteiger partial charge is 0.380 e. The predicted molar refractivity (Wildman–Crippen MR) is 60.2 cm³/mol. The van der Waals surface area contributed by atoms with Gasteiger partial charge in [-0.1, -0.05) is 11.6 Å². The van der Waals surface area contributed by atoms with Gasteiger partial charge in [0, 0.05) is 25.3 Å². The fraction of sp³-hybridized carbons (Fsp3) is 0.500. The number of nitrogens with zero attached hydrogens (tertiary/aromatic N) is 2. The molecule has 1 N–H and O–H groups in total. The number of pyridine rings is 1. The highest BCUT2D eigenvalue weighted by Gasteiger charge is 2.19. The second kappa shape index (κ2) is 3.65. The normalized spacial score (nSPS) is 15.3. The molecule has 2 heterocycles. The van der Waals surface area contributed by atoms with Crippen molar-refractivity contribution in [2.75, 3.05) is 23.3 Å². The van der Waals surface area contributed by atoms with Crippen molar-refractivity contribution in [3.05, 3.63) is 17.3 Å². The zero-order chi connectivity index (χ0) is 10.1. The number of fused-ring (bicyclic) bond motifs is 1. The van der Waals surface area contributed by atoms with Crippen LogP contribution in [-0.2, 0) is 0 Å². The molecule has 0 unspecified atom stereocenters. The van der Waals surface area contributed by atoms with Crippen LogP contribution in [0.25, 0.3) is 0 Å². The summed E-state index contributed by atoms with van der Waals surface area (Å²) in [5.74, 6) is 1.01. The van der Waals surface area contributed by atoms with E-state index >= 15 is 0 Å². The first-order valence-electron chi connectivity index (χ1n) is 4.84. The molecule has 4 heteroatoms. The van der Waals surface area contributed by atoms with Crippen LogP contribution in [0.4, 0.5) is 11.5 Å². The summed E-state index contributed by atoms with van der Waals surface area (Å²) in [6, 6.07) is 2.41. The molecule has 0 bridgehead atoms. The van der Waals surface area contributed by atoms with Gasteiger partial charge in [-0.2, -0.15) is 0 Å². The van der Waals surface area contributed by atoms with Gasteiger partial charge in [-0.05, 0) is 19.9 Å². The van der Waals surface area contributed by atoms with Crippen LogP contribution in [0.15, 0.2) is 12.3 Å². The molecule has 1 aromatic rings. The molecule has 0 saturated heterocycles. The van der Waals surface area contributed by atoms with Gasteiger partial charge in [0.1, 0.15) is 0 Å². The highest BCUT2D eigenvalue weighted by atomic mass is 35.5. The van der Waals surface area contributed by atoms with E-state index in [1.807, 2.05) is 6.07 Å². The number of halogens is 1. The van der Waals surface area contributed by atoms with E-state index in [0.29, 0.717) is 11.1 Å². The van der Waals surface area contributed by atoms with Crippen molar-refractivity contribution in [3.63, 3.8) is 0 Å². The lowest BCUT2D eigenvalue weighted by atomic mass is 10.2. The van der Waals surface area contributed by atoms with Crippen LogP contribution in [0, 0.1) is 0 Å². The Morgan fingerprint density at radius 1 is 1.57 bits per heavy atom. The molecule has 0 spiro atoms. The summed E-state index contributed by atoms with van der Waals surface area (Å²) in [6.07, 6.45) is 1.70. The molecule has 14 heavy (non-hydrogen) atoms. The van der Waals surface area contributed by atoms with Crippen LogP contribution in [-0.4, -0.2) is 24.1 Å². The molecule has 2 rings (SSSR count). The smallest absolute Gasteiger partial charge is 0.152 e. The first-order chi connectivity index (χ1) is 6.68. The quantitative estimate of drug-likeness (QED) is 0.773. The van der Waals surface area contributed by atoms with Gasteiger partial charge in [0.15, 0.2) is 5.82 Å². The fourth-order valence-electron chi connectivity index (χ4n) is 1.71. The van der Waals surface area contributed by atoms with E-state index in [0.717, 1.165) is 24.6 Å². The number of anilines is 2. The molecule has 1 aliphatic heterocycles. The minimum atomic E-state index is 0.476. The summed E-state index contributed by atoms with van der Waals surface area (Å²) in [5, 5.41) is 3.98. The van der Waals surface area contributed by atoms with Gasteiger partial charge in [0.25, 0.3) is 0 Å². The average Bonchev–Trinajstić information content (AvgIpc) is 2.16. The lowest BCUT2D eigenvalue weighted by Crippen LogP contribution is -2.39. The molecular formula is C10H14ClN3. The second-order valence-electron chi connectivity index (χ2n) is 3.74. The third-order valence-electron chi connectivity index (χ3n) is 2.40. The first-order valence-corrected chi connectivity index (χ1v) is 5.22. The van der Waals surface area contributed by atoms with Crippen molar-refractivity contribution in [1.82, 2.24) is 4.98 Å². The van der Waals surface area contributed by atoms with Crippen molar-refractivity contribution in [2.45, 2.75) is 19.9 Å². The molecule has 0 amide bonds. The van der Waals surface area contributed by atoms with E-state index < -0.39 is 0 Å². The van der Waals surface area contributed by atoms with E-state index in [4.69, 9.17) is 11.6 Å². The summed E-state index contributed by atoms with van der Waals surface area (Å²) in [4.78, 5) is 6.63. The summed E-state index contributed by atoms with van der Waals surface area (Å²) in [6.45, 7) is 6.29. The predicted octanol–water partition coefficient (Wildman–Crippen LogP) is 2.38. The summed E-state index contributed by atoms with van der Waals surface area (Å²) in [5.41, 5.74) is 1.04. The van der Waals surface area contributed by atoms with Gasteiger partial charge >= 0.3 is 0 Å². The zero-order valence-electron chi connectivity index (χ0n) is 8.42. The molecule has 0 atom stereocenters. The number of nitrogens with one attached hydrogen (secondary N) is 1. The summed E-state index contributed by atoms with van der Waals surface area (Å²) in [7, 11) is 0. The Morgan fingerprint density at radius 3 is 3.07 bits per heavy atom. The Morgan fingerprint density at radius 2 is 2.36 bits per heavy atom. The molecule has 0 aliphatic carbocycles. The Labute approximate surface area is 89.1 Å². The van der Waals surface area contributed by atoms with Gasteiger partial charge in [-0.25, -0.2) is 4.98 Å². The van der Waals surface area contributed by atoms with Gasteiger partial charge < -0.3 is 10.2 Å². The maximum atomic E-state index is 5.88. The highest BCUT2D eigenvalue weighted by molar-refractivity contribution is 6.30. The van der Waals surface area contributed by atoms with Gasteiger partial charge in [0.2, 0.25) is 0 Å². The fourth-order valence-corrected chi connectivity index (χ4v) is 1.87. The van der Waals surface area contributed by atoms with Crippen LogP contribution in [0.5, 0.6) is 0 Å². The third-order valence-corrected chi connectivity index (χ3v) is 2.60. The number of aromatic nitrogens is 1. The molecule has 0 fully saturated rings. The van der Waals surface area contributed by atoms with E-state index in [2.05, 4.69) is 29.0 Å². The summed E-state index contributed by atoms with van der Waals surface area (Å²) >= 11 is 5.88. The zero-order valence-corrected chi connectivity index (χ0v) is 9.17. The highest BCUT2D eigenvalue weighted by Crippen LogP contribution is 2.29. The second-order valence-corrected chi connectivity index (χ2v) is 4.18. The monoisotopic (exact) mass is 211 g/mol. The van der Waals surface area contributed by atoms with E-state index in [1.54, 1.807) is 6.20 Å². The van der Waals surface area contributed by atoms with Crippen molar-refractivity contribution in [2.24, 2.45) is 0 Å². The van der Waals surface area contributed by atoms with Crippen LogP contribution < -0.4 is 10.2 Å². The SMILES string of the molecule is CC(C)N1CCNc2cc(Cl)cnc21. The molecule has 0 aromatic carbocycles. The standard InChI is InChI=1S/C10H14ClN3/c1-7(2)14-4-3-12-9-5-8(11)6-13-10(9)14/h5-7,12H,3-4H2,1-2H3. The van der Waals surface area contributed by atoms with E-state index in [1.165, 1.54) is 0 Å². The minimum Gasteiger partial charge on any atom is -0.380 e. The number of rotatable bonds is 1. The summed E-state index contributed by atoms with van der Waals surface area (Å²) < 4.78 is 0. The lowest BCUT2D eigenvalue weighted by molar-refractivity contribution is 0.671. The molecule has 0 radical (unpaired) electrons. The van der Waals surface area contributed by atoms with Crippen molar-refractivity contribution in [1.29, 1.82) is 0 Å². The van der Waals surface area contributed by atoms with Crippen LogP contribution in [0.2, 0.25) is 5.02 Å². The number of hydrogen-bond acceptors (Lipinski definition) is 3. The van der Waals surface area contributed by atoms with Crippen LogP contribution in [0.1, 0.15) is 13.8 Å². The van der Waals surface area contributed by atoms with Crippen molar-refractivity contribution < 1.29 is 0 Å². The van der Waals surface area contributed by atoms with Crippen molar-refractivity contribution in [3.8, 4) is 0 Å².